The van der Waals surface area contributed by atoms with Crippen LogP contribution in [0.2, 0.25) is 0 Å². The number of hydrogen-bond donors (Lipinski definition) is 1. The highest BCUT2D eigenvalue weighted by atomic mass is 79.9. The smallest absolute Gasteiger partial charge is 0.0635 e. The molecular weight excluding hydrogens is 242 g/mol. The molecule has 1 aliphatic heterocycles. The number of hydrogen-bond acceptors (Lipinski definition) is 2. The molecule has 2 rings (SSSR count). The van der Waals surface area contributed by atoms with E-state index in [-0.39, 0.29) is 0 Å². The second-order valence-electron chi connectivity index (χ2n) is 4.08. The summed E-state index contributed by atoms with van der Waals surface area (Å²) in [6.07, 6.45) is 3.10. The van der Waals surface area contributed by atoms with Crippen LogP contribution in [-0.4, -0.2) is 22.9 Å². The zero-order chi connectivity index (χ0) is 10.1. The molecule has 1 fully saturated rings. The molecule has 1 N–H and O–H groups in total. The van der Waals surface area contributed by atoms with Crippen molar-refractivity contribution in [1.82, 2.24) is 15.1 Å². The van der Waals surface area contributed by atoms with Crippen LogP contribution in [0.3, 0.4) is 0 Å². The molecule has 3 nitrogen and oxygen atoms in total. The summed E-state index contributed by atoms with van der Waals surface area (Å²) in [4.78, 5) is 0. The lowest BCUT2D eigenvalue weighted by Gasteiger charge is -2.29. The molecule has 4 heteroatoms. The third-order valence-corrected chi connectivity index (χ3v) is 3.69. The predicted octanol–water partition coefficient (Wildman–Crippen LogP) is 1.90. The maximum atomic E-state index is 4.28. The molecule has 0 spiro atoms. The molecule has 1 saturated heterocycles. The largest absolute Gasteiger partial charge is 0.316 e. The highest BCUT2D eigenvalue weighted by Gasteiger charge is 2.26. The molecule has 0 saturated carbocycles. The first kappa shape index (κ1) is 10.2. The summed E-state index contributed by atoms with van der Waals surface area (Å²) in [5.74, 6) is 1.33. The summed E-state index contributed by atoms with van der Waals surface area (Å²) >= 11 is 3.58. The third-order valence-electron chi connectivity index (χ3n) is 3.07. The van der Waals surface area contributed by atoms with Gasteiger partial charge in [0.15, 0.2) is 0 Å². The van der Waals surface area contributed by atoms with Crippen LogP contribution in [0.4, 0.5) is 0 Å². The Morgan fingerprint density at radius 2 is 2.43 bits per heavy atom. The summed E-state index contributed by atoms with van der Waals surface area (Å²) in [5, 5.41) is 7.70. The first-order valence-electron chi connectivity index (χ1n) is 5.08. The summed E-state index contributed by atoms with van der Waals surface area (Å²) in [6.45, 7) is 4.53. The van der Waals surface area contributed by atoms with Gasteiger partial charge in [-0.1, -0.05) is 6.92 Å². The summed E-state index contributed by atoms with van der Waals surface area (Å²) in [6, 6.07) is 0. The summed E-state index contributed by atoms with van der Waals surface area (Å²) in [7, 11) is 2.02. The average molecular weight is 258 g/mol. The van der Waals surface area contributed by atoms with Gasteiger partial charge in [0, 0.05) is 13.0 Å². The number of nitrogens with zero attached hydrogens (tertiary/aromatic N) is 2. The van der Waals surface area contributed by atoms with Gasteiger partial charge >= 0.3 is 0 Å². The van der Waals surface area contributed by atoms with Crippen LogP contribution in [0.15, 0.2) is 10.7 Å². The van der Waals surface area contributed by atoms with Crippen molar-refractivity contribution in [2.75, 3.05) is 13.1 Å². The molecular formula is C10H16BrN3. The highest BCUT2D eigenvalue weighted by Crippen LogP contribution is 2.33. The Balaban J connectivity index is 2.28. The van der Waals surface area contributed by atoms with Crippen LogP contribution in [0.1, 0.15) is 25.0 Å². The van der Waals surface area contributed by atoms with Gasteiger partial charge in [-0.05, 0) is 41.4 Å². The molecule has 0 aliphatic carbocycles. The fourth-order valence-electron chi connectivity index (χ4n) is 2.26. The molecule has 0 radical (unpaired) electrons. The Morgan fingerprint density at radius 3 is 3.00 bits per heavy atom. The first-order valence-corrected chi connectivity index (χ1v) is 5.87. The van der Waals surface area contributed by atoms with Crippen LogP contribution in [0, 0.1) is 5.92 Å². The SMILES string of the molecule is CC1CNCCC1c1c(Br)cnn1C. The third kappa shape index (κ3) is 1.73. The standard InChI is InChI=1S/C10H16BrN3/c1-7-5-12-4-3-8(7)10-9(11)6-13-14(10)2/h6-8,12H,3-5H2,1-2H3. The summed E-state index contributed by atoms with van der Waals surface area (Å²) in [5.41, 5.74) is 1.35. The van der Waals surface area contributed by atoms with Gasteiger partial charge in [-0.25, -0.2) is 0 Å². The lowest BCUT2D eigenvalue weighted by Crippen LogP contribution is -2.34. The number of nitrogens with one attached hydrogen (secondary N) is 1. The van der Waals surface area contributed by atoms with Crippen LogP contribution < -0.4 is 5.32 Å². The molecule has 0 bridgehead atoms. The van der Waals surface area contributed by atoms with Crippen LogP contribution in [0.5, 0.6) is 0 Å². The van der Waals surface area contributed by atoms with Gasteiger partial charge in [-0.2, -0.15) is 5.10 Å². The lowest BCUT2D eigenvalue weighted by atomic mass is 9.85. The Kier molecular flexibility index (Phi) is 2.93. The molecule has 0 amide bonds. The van der Waals surface area contributed by atoms with Crippen molar-refractivity contribution < 1.29 is 0 Å². The minimum atomic E-state index is 0.637. The molecule has 14 heavy (non-hydrogen) atoms. The second kappa shape index (κ2) is 4.03. The van der Waals surface area contributed by atoms with Crippen molar-refractivity contribution in [2.45, 2.75) is 19.3 Å². The maximum absolute atomic E-state index is 4.28. The Bertz CT molecular complexity index is 302. The van der Waals surface area contributed by atoms with E-state index in [1.54, 1.807) is 0 Å². The van der Waals surface area contributed by atoms with E-state index >= 15 is 0 Å². The van der Waals surface area contributed by atoms with Crippen molar-refractivity contribution in [2.24, 2.45) is 13.0 Å². The zero-order valence-corrected chi connectivity index (χ0v) is 10.2. The maximum Gasteiger partial charge on any atom is 0.0635 e. The average Bonchev–Trinajstić information content (AvgIpc) is 2.48. The molecule has 0 aromatic carbocycles. The van der Waals surface area contributed by atoms with Crippen LogP contribution in [0.25, 0.3) is 0 Å². The fraction of sp³-hybridized carbons (Fsp3) is 0.700. The van der Waals surface area contributed by atoms with Crippen molar-refractivity contribution in [3.8, 4) is 0 Å². The Labute approximate surface area is 93.0 Å². The van der Waals surface area contributed by atoms with Crippen LogP contribution >= 0.6 is 15.9 Å². The molecule has 2 atom stereocenters. The van der Waals surface area contributed by atoms with E-state index in [1.165, 1.54) is 12.1 Å². The Morgan fingerprint density at radius 1 is 1.64 bits per heavy atom. The fourth-order valence-corrected chi connectivity index (χ4v) is 2.90. The van der Waals surface area contributed by atoms with Gasteiger partial charge in [0.25, 0.3) is 0 Å². The Hall–Kier alpha value is -0.350. The number of halogens is 1. The van der Waals surface area contributed by atoms with E-state index < -0.39 is 0 Å². The van der Waals surface area contributed by atoms with E-state index in [4.69, 9.17) is 0 Å². The van der Waals surface area contributed by atoms with Gasteiger partial charge in [-0.3, -0.25) is 4.68 Å². The second-order valence-corrected chi connectivity index (χ2v) is 4.93. The quantitative estimate of drug-likeness (QED) is 0.833. The van der Waals surface area contributed by atoms with Gasteiger partial charge < -0.3 is 5.32 Å². The van der Waals surface area contributed by atoms with Gasteiger partial charge in [0.2, 0.25) is 0 Å². The lowest BCUT2D eigenvalue weighted by molar-refractivity contribution is 0.335. The molecule has 1 aliphatic rings. The van der Waals surface area contributed by atoms with E-state index in [2.05, 4.69) is 33.3 Å². The number of rotatable bonds is 1. The van der Waals surface area contributed by atoms with Crippen molar-refractivity contribution in [3.63, 3.8) is 0 Å². The van der Waals surface area contributed by atoms with Gasteiger partial charge in [0.05, 0.1) is 16.4 Å². The molecule has 2 heterocycles. The molecule has 2 unspecified atom stereocenters. The molecule has 1 aromatic rings. The van der Waals surface area contributed by atoms with E-state index in [1.807, 2.05) is 17.9 Å². The minimum absolute atomic E-state index is 0.637. The number of aryl methyl sites for hydroxylation is 1. The normalized spacial score (nSPS) is 27.9. The van der Waals surface area contributed by atoms with E-state index in [0.717, 1.165) is 17.6 Å². The summed E-state index contributed by atoms with van der Waals surface area (Å²) < 4.78 is 3.15. The van der Waals surface area contributed by atoms with Crippen molar-refractivity contribution in [1.29, 1.82) is 0 Å². The zero-order valence-electron chi connectivity index (χ0n) is 8.63. The molecule has 1 aromatic heterocycles. The number of aromatic nitrogens is 2. The number of piperidine rings is 1. The first-order chi connectivity index (χ1) is 6.70. The van der Waals surface area contributed by atoms with Gasteiger partial charge in [0.1, 0.15) is 0 Å². The monoisotopic (exact) mass is 257 g/mol. The van der Waals surface area contributed by atoms with E-state index in [9.17, 15) is 0 Å². The topological polar surface area (TPSA) is 29.9 Å². The van der Waals surface area contributed by atoms with Gasteiger partial charge in [-0.15, -0.1) is 0 Å². The highest BCUT2D eigenvalue weighted by molar-refractivity contribution is 9.10. The minimum Gasteiger partial charge on any atom is -0.316 e. The van der Waals surface area contributed by atoms with E-state index in [0.29, 0.717) is 11.8 Å². The molecule has 78 valence electrons. The van der Waals surface area contributed by atoms with Crippen molar-refractivity contribution >= 4 is 15.9 Å². The van der Waals surface area contributed by atoms with Crippen molar-refractivity contribution in [3.05, 3.63) is 16.4 Å². The predicted molar refractivity (Wildman–Crippen MR) is 60.3 cm³/mol. The van der Waals surface area contributed by atoms with Crippen LogP contribution in [-0.2, 0) is 7.05 Å².